The Morgan fingerprint density at radius 2 is 1.90 bits per heavy atom. The lowest BCUT2D eigenvalue weighted by molar-refractivity contribution is -0.124. The summed E-state index contributed by atoms with van der Waals surface area (Å²) < 4.78 is 5.34. The summed E-state index contributed by atoms with van der Waals surface area (Å²) in [6.07, 6.45) is 2.61. The monoisotopic (exact) mass is 437 g/mol. The number of hydrogen-bond acceptors (Lipinski definition) is 6. The quantitative estimate of drug-likeness (QED) is 0.592. The molecule has 3 N–H and O–H groups in total. The predicted octanol–water partition coefficient (Wildman–Crippen LogP) is 2.97. The van der Waals surface area contributed by atoms with Crippen LogP contribution in [0.15, 0.2) is 11.9 Å². The SMILES string of the molecule is CCCC(NC(=O)OC(C)(C)C)C(=O)NC1NCN2C1=CN(CC(C)(C)C)CC2(C)C. The van der Waals surface area contributed by atoms with E-state index in [1.807, 2.05) is 6.92 Å². The molecule has 2 aliphatic rings. The van der Waals surface area contributed by atoms with Crippen molar-refractivity contribution < 1.29 is 14.3 Å². The maximum absolute atomic E-state index is 13.1. The standard InChI is InChI=1S/C23H43N5O3/c1-10-11-16(25-20(30)31-22(5,6)7)19(29)26-18-17-12-27(13-21(2,3)4)14-23(8,9)28(17)15-24-18/h12,16,18,24H,10-11,13-15H2,1-9H3,(H,25,30)(H,26,29). The molecule has 178 valence electrons. The fourth-order valence-electron chi connectivity index (χ4n) is 4.14. The molecule has 2 atom stereocenters. The fraction of sp³-hybridized carbons (Fsp3) is 0.826. The second kappa shape index (κ2) is 9.27. The van der Waals surface area contributed by atoms with Crippen LogP contribution in [0.5, 0.6) is 0 Å². The number of hydrogen-bond donors (Lipinski definition) is 3. The third-order valence-corrected chi connectivity index (χ3v) is 5.25. The molecular formula is C23H43N5O3. The van der Waals surface area contributed by atoms with E-state index in [2.05, 4.69) is 66.6 Å². The van der Waals surface area contributed by atoms with Crippen LogP contribution < -0.4 is 16.0 Å². The summed E-state index contributed by atoms with van der Waals surface area (Å²) in [4.78, 5) is 29.9. The van der Waals surface area contributed by atoms with Gasteiger partial charge < -0.3 is 25.2 Å². The molecule has 0 bridgehead atoms. The van der Waals surface area contributed by atoms with Crippen LogP contribution in [-0.2, 0) is 9.53 Å². The lowest BCUT2D eigenvalue weighted by Gasteiger charge is -2.47. The Kier molecular flexibility index (Phi) is 7.56. The van der Waals surface area contributed by atoms with E-state index < -0.39 is 17.7 Å². The van der Waals surface area contributed by atoms with Crippen LogP contribution in [0.4, 0.5) is 4.79 Å². The molecule has 0 aromatic heterocycles. The Balaban J connectivity index is 2.12. The number of nitrogens with one attached hydrogen (secondary N) is 3. The Hall–Kier alpha value is -1.96. The van der Waals surface area contributed by atoms with Gasteiger partial charge in [-0.15, -0.1) is 0 Å². The van der Waals surface area contributed by atoms with Crippen LogP contribution in [0, 0.1) is 5.41 Å². The van der Waals surface area contributed by atoms with E-state index in [9.17, 15) is 9.59 Å². The number of alkyl carbamates (subject to hydrolysis) is 1. The molecule has 0 saturated carbocycles. The van der Waals surface area contributed by atoms with Crippen molar-refractivity contribution in [3.05, 3.63) is 11.9 Å². The molecule has 1 fully saturated rings. The molecule has 0 aliphatic carbocycles. The van der Waals surface area contributed by atoms with Gasteiger partial charge in [-0.3, -0.25) is 10.1 Å². The predicted molar refractivity (Wildman–Crippen MR) is 123 cm³/mol. The molecule has 2 aliphatic heterocycles. The summed E-state index contributed by atoms with van der Waals surface area (Å²) in [5, 5.41) is 9.24. The largest absolute Gasteiger partial charge is 0.444 e. The average molecular weight is 438 g/mol. The van der Waals surface area contributed by atoms with Gasteiger partial charge in [-0.1, -0.05) is 34.1 Å². The third kappa shape index (κ3) is 7.30. The van der Waals surface area contributed by atoms with E-state index in [0.717, 1.165) is 25.2 Å². The van der Waals surface area contributed by atoms with Gasteiger partial charge in [0.2, 0.25) is 5.91 Å². The van der Waals surface area contributed by atoms with E-state index >= 15 is 0 Å². The number of carbonyl (C=O) groups is 2. The Bertz CT molecular complexity index is 690. The van der Waals surface area contributed by atoms with Crippen molar-refractivity contribution in [2.24, 2.45) is 5.41 Å². The highest BCUT2D eigenvalue weighted by molar-refractivity contribution is 5.86. The van der Waals surface area contributed by atoms with Gasteiger partial charge in [-0.2, -0.15) is 0 Å². The van der Waals surface area contributed by atoms with Crippen LogP contribution in [0.25, 0.3) is 0 Å². The van der Waals surface area contributed by atoms with Crippen molar-refractivity contribution in [3.63, 3.8) is 0 Å². The second-order valence-electron chi connectivity index (χ2n) is 11.6. The first-order chi connectivity index (χ1) is 14.1. The van der Waals surface area contributed by atoms with Crippen LogP contribution in [0.3, 0.4) is 0 Å². The van der Waals surface area contributed by atoms with Crippen molar-refractivity contribution in [3.8, 4) is 0 Å². The molecule has 31 heavy (non-hydrogen) atoms. The minimum atomic E-state index is -0.640. The average Bonchev–Trinajstić information content (AvgIpc) is 2.94. The van der Waals surface area contributed by atoms with Crippen LogP contribution in [-0.4, -0.2) is 64.9 Å². The van der Waals surface area contributed by atoms with E-state index in [0.29, 0.717) is 13.1 Å². The number of fused-ring (bicyclic) bond motifs is 1. The molecule has 2 heterocycles. The lowest BCUT2D eigenvalue weighted by Crippen LogP contribution is -2.56. The summed E-state index contributed by atoms with van der Waals surface area (Å²) in [6, 6.07) is -0.640. The van der Waals surface area contributed by atoms with Gasteiger partial charge in [0.25, 0.3) is 0 Å². The molecule has 2 unspecified atom stereocenters. The number of rotatable bonds is 6. The third-order valence-electron chi connectivity index (χ3n) is 5.25. The minimum Gasteiger partial charge on any atom is -0.444 e. The van der Waals surface area contributed by atoms with Crippen molar-refractivity contribution in [2.75, 3.05) is 19.8 Å². The van der Waals surface area contributed by atoms with Gasteiger partial charge in [0, 0.05) is 19.3 Å². The van der Waals surface area contributed by atoms with Gasteiger partial charge in [-0.25, -0.2) is 4.79 Å². The zero-order valence-electron chi connectivity index (χ0n) is 20.9. The molecule has 0 aromatic rings. The van der Waals surface area contributed by atoms with Crippen LogP contribution >= 0.6 is 0 Å². The summed E-state index contributed by atoms with van der Waals surface area (Å²) in [5.41, 5.74) is 0.560. The van der Waals surface area contributed by atoms with Gasteiger partial charge >= 0.3 is 6.09 Å². The highest BCUT2D eigenvalue weighted by atomic mass is 16.6. The molecule has 2 rings (SSSR count). The molecule has 1 saturated heterocycles. The van der Waals surface area contributed by atoms with Crippen LogP contribution in [0.2, 0.25) is 0 Å². The zero-order chi connectivity index (χ0) is 23.6. The topological polar surface area (TPSA) is 85.9 Å². The lowest BCUT2D eigenvalue weighted by atomic mass is 9.93. The number of nitrogens with zero attached hydrogens (tertiary/aromatic N) is 2. The fourth-order valence-corrected chi connectivity index (χ4v) is 4.14. The van der Waals surface area contributed by atoms with E-state index in [-0.39, 0.29) is 23.0 Å². The number of carbonyl (C=O) groups excluding carboxylic acids is 2. The van der Waals surface area contributed by atoms with Gasteiger partial charge in [0.15, 0.2) is 0 Å². The van der Waals surface area contributed by atoms with Crippen molar-refractivity contribution in [2.45, 2.75) is 98.5 Å². The summed E-state index contributed by atoms with van der Waals surface area (Å²) in [6.45, 7) is 21.1. The van der Waals surface area contributed by atoms with Crippen molar-refractivity contribution >= 4 is 12.0 Å². The molecule has 0 aromatic carbocycles. The molecule has 2 amide bonds. The summed E-state index contributed by atoms with van der Waals surface area (Å²) in [5.74, 6) is -0.210. The molecule has 0 radical (unpaired) electrons. The molecule has 8 nitrogen and oxygen atoms in total. The Morgan fingerprint density at radius 3 is 2.45 bits per heavy atom. The maximum Gasteiger partial charge on any atom is 0.408 e. The van der Waals surface area contributed by atoms with Crippen molar-refractivity contribution in [1.82, 2.24) is 25.8 Å². The van der Waals surface area contributed by atoms with Crippen molar-refractivity contribution in [1.29, 1.82) is 0 Å². The molecule has 8 heteroatoms. The zero-order valence-corrected chi connectivity index (χ0v) is 20.9. The first-order valence-corrected chi connectivity index (χ1v) is 11.4. The Labute approximate surface area is 188 Å². The summed E-state index contributed by atoms with van der Waals surface area (Å²) in [7, 11) is 0. The van der Waals surface area contributed by atoms with E-state index in [1.165, 1.54) is 0 Å². The van der Waals surface area contributed by atoms with Gasteiger partial charge in [-0.05, 0) is 46.5 Å². The molecular weight excluding hydrogens is 394 g/mol. The van der Waals surface area contributed by atoms with E-state index in [1.54, 1.807) is 20.8 Å². The van der Waals surface area contributed by atoms with Gasteiger partial charge in [0.05, 0.1) is 17.9 Å². The highest BCUT2D eigenvalue weighted by Gasteiger charge is 2.42. The van der Waals surface area contributed by atoms with Gasteiger partial charge in [0.1, 0.15) is 17.8 Å². The first kappa shape index (κ1) is 25.3. The smallest absolute Gasteiger partial charge is 0.408 e. The molecule has 0 spiro atoms. The first-order valence-electron chi connectivity index (χ1n) is 11.4. The number of ether oxygens (including phenoxy) is 1. The van der Waals surface area contributed by atoms with Crippen LogP contribution in [0.1, 0.15) is 75.2 Å². The second-order valence-corrected chi connectivity index (χ2v) is 11.6. The van der Waals surface area contributed by atoms with E-state index in [4.69, 9.17) is 4.74 Å². The minimum absolute atomic E-state index is 0.0562. The maximum atomic E-state index is 13.1. The number of amides is 2. The summed E-state index contributed by atoms with van der Waals surface area (Å²) >= 11 is 0. The highest BCUT2D eigenvalue weighted by Crippen LogP contribution is 2.32. The normalized spacial score (nSPS) is 21.8. The Morgan fingerprint density at radius 1 is 1.26 bits per heavy atom.